The van der Waals surface area contributed by atoms with Crippen molar-refractivity contribution in [3.05, 3.63) is 41.4 Å². The number of hydrogen-bond acceptors (Lipinski definition) is 5. The van der Waals surface area contributed by atoms with Gasteiger partial charge in [-0.05, 0) is 69.9 Å². The molecule has 2 N–H and O–H groups in total. The molecule has 6 rings (SSSR count). The number of rotatable bonds is 8. The quantitative estimate of drug-likeness (QED) is 0.478. The molecule has 4 fully saturated rings. The van der Waals surface area contributed by atoms with Gasteiger partial charge in [0.15, 0.2) is 0 Å². The van der Waals surface area contributed by atoms with Gasteiger partial charge in [-0.3, -0.25) is 14.4 Å². The number of piperidine rings is 1. The van der Waals surface area contributed by atoms with E-state index in [2.05, 4.69) is 15.5 Å². The van der Waals surface area contributed by atoms with Gasteiger partial charge in [-0.15, -0.1) is 0 Å². The van der Waals surface area contributed by atoms with E-state index >= 15 is 0 Å². The molecule has 4 heterocycles. The first-order chi connectivity index (χ1) is 19.0. The highest BCUT2D eigenvalue weighted by molar-refractivity contribution is 6.30. The Hall–Kier alpha value is -2.42. The fraction of sp³-hybridized carbons (Fsp3) is 0.633. The van der Waals surface area contributed by atoms with Gasteiger partial charge in [0.1, 0.15) is 11.6 Å². The number of nitrogens with zero attached hydrogens (tertiary/aromatic N) is 2. The van der Waals surface area contributed by atoms with E-state index in [4.69, 9.17) is 16.3 Å². The van der Waals surface area contributed by atoms with Crippen molar-refractivity contribution in [1.82, 2.24) is 15.1 Å². The second-order valence-corrected chi connectivity index (χ2v) is 12.3. The molecule has 3 amide bonds. The molecule has 1 aromatic carbocycles. The average molecular weight is 555 g/mol. The molecule has 1 saturated carbocycles. The predicted octanol–water partition coefficient (Wildman–Crippen LogP) is 3.75. The lowest BCUT2D eigenvalue weighted by atomic mass is 9.74. The van der Waals surface area contributed by atoms with E-state index in [0.29, 0.717) is 17.3 Å². The highest BCUT2D eigenvalue weighted by Gasteiger charge is 2.72. The van der Waals surface area contributed by atoms with Crippen LogP contribution in [0.15, 0.2) is 36.4 Å². The Morgan fingerprint density at radius 1 is 1.03 bits per heavy atom. The summed E-state index contributed by atoms with van der Waals surface area (Å²) in [5.74, 6) is -2.04. The lowest BCUT2D eigenvalue weighted by molar-refractivity contribution is -0.141. The average Bonchev–Trinajstić information content (AvgIpc) is 3.57. The summed E-state index contributed by atoms with van der Waals surface area (Å²) in [6, 6.07) is 6.32. The van der Waals surface area contributed by atoms with Crippen molar-refractivity contribution in [3.8, 4) is 0 Å². The van der Waals surface area contributed by atoms with E-state index in [9.17, 15) is 14.4 Å². The Balaban J connectivity index is 1.24. The third-order valence-electron chi connectivity index (χ3n) is 9.29. The van der Waals surface area contributed by atoms with Crippen LogP contribution in [0.5, 0.6) is 0 Å². The van der Waals surface area contributed by atoms with Gasteiger partial charge in [-0.2, -0.15) is 0 Å². The Bertz CT molecular complexity index is 1130. The Labute approximate surface area is 235 Å². The Kier molecular flexibility index (Phi) is 7.71. The third-order valence-corrected chi connectivity index (χ3v) is 9.53. The maximum absolute atomic E-state index is 14.1. The maximum atomic E-state index is 14.1. The molecule has 1 aliphatic carbocycles. The summed E-state index contributed by atoms with van der Waals surface area (Å²) < 4.78 is 6.47. The fourth-order valence-electron chi connectivity index (χ4n) is 7.47. The predicted molar refractivity (Wildman–Crippen MR) is 149 cm³/mol. The van der Waals surface area contributed by atoms with Gasteiger partial charge in [-0.1, -0.05) is 55.5 Å². The molecule has 1 spiro atoms. The molecule has 0 aromatic heterocycles. The molecule has 3 saturated heterocycles. The van der Waals surface area contributed by atoms with Gasteiger partial charge in [-0.25, -0.2) is 0 Å². The molecule has 4 aliphatic heterocycles. The van der Waals surface area contributed by atoms with Crippen LogP contribution in [0.4, 0.5) is 5.69 Å². The number of nitrogens with one attached hydrogen (secondary N) is 2. The summed E-state index contributed by atoms with van der Waals surface area (Å²) in [6.45, 7) is 3.55. The monoisotopic (exact) mass is 554 g/mol. The number of amides is 3. The van der Waals surface area contributed by atoms with E-state index in [-0.39, 0.29) is 23.8 Å². The highest BCUT2D eigenvalue weighted by Crippen LogP contribution is 2.55. The van der Waals surface area contributed by atoms with Crippen LogP contribution in [0.25, 0.3) is 0 Å². The Morgan fingerprint density at radius 3 is 2.56 bits per heavy atom. The zero-order valence-electron chi connectivity index (χ0n) is 22.4. The first kappa shape index (κ1) is 26.8. The van der Waals surface area contributed by atoms with Crippen LogP contribution in [-0.2, 0) is 19.1 Å². The molecule has 8 nitrogen and oxygen atoms in total. The number of hydrogen-bond donors (Lipinski definition) is 2. The van der Waals surface area contributed by atoms with Crippen molar-refractivity contribution in [2.24, 2.45) is 11.8 Å². The fourth-order valence-corrected chi connectivity index (χ4v) is 7.66. The molecule has 1 aromatic rings. The minimum Gasteiger partial charge on any atom is -0.359 e. The number of halogens is 1. The van der Waals surface area contributed by atoms with Crippen LogP contribution in [0.1, 0.15) is 57.8 Å². The number of ether oxygens (including phenoxy) is 1. The van der Waals surface area contributed by atoms with Gasteiger partial charge in [0.25, 0.3) is 0 Å². The Morgan fingerprint density at radius 2 is 1.79 bits per heavy atom. The van der Waals surface area contributed by atoms with Crippen LogP contribution >= 0.6 is 11.6 Å². The van der Waals surface area contributed by atoms with Crippen LogP contribution in [0.2, 0.25) is 5.02 Å². The molecule has 210 valence electrons. The molecule has 2 bridgehead atoms. The minimum atomic E-state index is -1.12. The van der Waals surface area contributed by atoms with Crippen molar-refractivity contribution in [2.75, 3.05) is 31.5 Å². The van der Waals surface area contributed by atoms with Gasteiger partial charge in [0.2, 0.25) is 17.7 Å². The van der Waals surface area contributed by atoms with Gasteiger partial charge < -0.3 is 25.2 Å². The SMILES string of the molecule is O=C(Nc1cccc(Cl)c1)[C@H]1[C@@H]2C=C[C@]3(O2)[C@@H]1C(=O)N(CCCN1CCCCC1)[C@H]3C(=O)NC1CCCCC1. The number of carbonyl (C=O) groups is 3. The molecule has 5 atom stereocenters. The van der Waals surface area contributed by atoms with Crippen LogP contribution < -0.4 is 10.6 Å². The summed E-state index contributed by atoms with van der Waals surface area (Å²) in [5.41, 5.74) is -0.550. The summed E-state index contributed by atoms with van der Waals surface area (Å²) in [6.07, 6.45) is 13.0. The molecular weight excluding hydrogens is 516 g/mol. The third kappa shape index (κ3) is 5.11. The molecule has 0 radical (unpaired) electrons. The van der Waals surface area contributed by atoms with Gasteiger partial charge in [0.05, 0.1) is 17.9 Å². The smallest absolute Gasteiger partial charge is 0.246 e. The number of fused-ring (bicyclic) bond motifs is 1. The maximum Gasteiger partial charge on any atom is 0.246 e. The second kappa shape index (κ2) is 11.2. The summed E-state index contributed by atoms with van der Waals surface area (Å²) in [5, 5.41) is 6.71. The lowest BCUT2D eigenvalue weighted by Gasteiger charge is -2.34. The van der Waals surface area contributed by atoms with Crippen LogP contribution in [0, 0.1) is 11.8 Å². The highest BCUT2D eigenvalue weighted by atomic mass is 35.5. The normalized spacial score (nSPS) is 32.4. The van der Waals surface area contributed by atoms with E-state index < -0.39 is 29.6 Å². The van der Waals surface area contributed by atoms with Crippen LogP contribution in [-0.4, -0.2) is 77.5 Å². The number of carbonyl (C=O) groups excluding carboxylic acids is 3. The van der Waals surface area contributed by atoms with Gasteiger partial charge in [0, 0.05) is 23.3 Å². The summed E-state index contributed by atoms with van der Waals surface area (Å²) in [7, 11) is 0. The van der Waals surface area contributed by atoms with Crippen molar-refractivity contribution < 1.29 is 19.1 Å². The topological polar surface area (TPSA) is 91.0 Å². The van der Waals surface area contributed by atoms with E-state index in [1.807, 2.05) is 12.2 Å². The first-order valence-electron chi connectivity index (χ1n) is 14.7. The molecule has 39 heavy (non-hydrogen) atoms. The molecular formula is C30H39ClN4O4. The summed E-state index contributed by atoms with van der Waals surface area (Å²) >= 11 is 6.12. The zero-order chi connectivity index (χ0) is 27.0. The number of likely N-dealkylation sites (tertiary alicyclic amines) is 2. The molecule has 0 unspecified atom stereocenters. The standard InChI is InChI=1S/C30H39ClN4O4/c31-20-9-7-12-22(19-20)33-27(36)24-23-13-14-30(39-23)25(24)29(38)35(18-8-17-34-15-5-2-6-16-34)26(30)28(37)32-21-10-3-1-4-11-21/h7,9,12-14,19,21,23-26H,1-6,8,10-11,15-18H2,(H,32,37)(H,33,36)/t23-,24-,25-,26-,30-/m0/s1. The summed E-state index contributed by atoms with van der Waals surface area (Å²) in [4.78, 5) is 45.8. The number of anilines is 1. The van der Waals surface area contributed by atoms with Gasteiger partial charge >= 0.3 is 0 Å². The van der Waals surface area contributed by atoms with E-state index in [1.165, 1.54) is 25.7 Å². The van der Waals surface area contributed by atoms with Crippen molar-refractivity contribution in [2.45, 2.75) is 81.6 Å². The second-order valence-electron chi connectivity index (χ2n) is 11.8. The zero-order valence-corrected chi connectivity index (χ0v) is 23.2. The first-order valence-corrected chi connectivity index (χ1v) is 15.1. The van der Waals surface area contributed by atoms with Crippen molar-refractivity contribution >= 4 is 35.0 Å². The van der Waals surface area contributed by atoms with Crippen molar-refractivity contribution in [3.63, 3.8) is 0 Å². The van der Waals surface area contributed by atoms with Crippen LogP contribution in [0.3, 0.4) is 0 Å². The van der Waals surface area contributed by atoms with E-state index in [1.54, 1.807) is 29.2 Å². The van der Waals surface area contributed by atoms with E-state index in [0.717, 1.165) is 51.7 Å². The lowest BCUT2D eigenvalue weighted by Crippen LogP contribution is -2.56. The number of benzene rings is 1. The molecule has 5 aliphatic rings. The largest absolute Gasteiger partial charge is 0.359 e. The van der Waals surface area contributed by atoms with Crippen molar-refractivity contribution in [1.29, 1.82) is 0 Å². The molecule has 9 heteroatoms. The minimum absolute atomic E-state index is 0.122.